The first-order chi connectivity index (χ1) is 9.84. The van der Waals surface area contributed by atoms with Gasteiger partial charge in [0.15, 0.2) is 5.65 Å². The molecule has 0 aliphatic heterocycles. The van der Waals surface area contributed by atoms with E-state index in [1.807, 2.05) is 18.2 Å². The number of hydrogen-bond donors (Lipinski definition) is 1. The van der Waals surface area contributed by atoms with Gasteiger partial charge in [-0.25, -0.2) is 9.48 Å². The summed E-state index contributed by atoms with van der Waals surface area (Å²) in [6.07, 6.45) is 9.67. The van der Waals surface area contributed by atoms with E-state index in [0.29, 0.717) is 18.2 Å². The zero-order valence-electron chi connectivity index (χ0n) is 11.8. The van der Waals surface area contributed by atoms with E-state index in [2.05, 4.69) is 10.4 Å². The van der Waals surface area contributed by atoms with Crippen LogP contribution in [0.25, 0.3) is 5.65 Å². The van der Waals surface area contributed by atoms with Gasteiger partial charge < -0.3 is 5.32 Å². The van der Waals surface area contributed by atoms with E-state index in [-0.39, 0.29) is 5.69 Å². The van der Waals surface area contributed by atoms with Crippen LogP contribution in [-0.2, 0) is 6.54 Å². The predicted molar refractivity (Wildman–Crippen MR) is 78.9 cm³/mol. The van der Waals surface area contributed by atoms with E-state index in [1.165, 1.54) is 38.5 Å². The maximum Gasteiger partial charge on any atom is 0.350 e. The smallest absolute Gasteiger partial charge is 0.312 e. The van der Waals surface area contributed by atoms with Crippen molar-refractivity contribution < 1.29 is 0 Å². The Bertz CT molecular complexity index is 608. The Kier molecular flexibility index (Phi) is 4.16. The van der Waals surface area contributed by atoms with Crippen molar-refractivity contribution in [2.24, 2.45) is 0 Å². The Morgan fingerprint density at radius 3 is 2.75 bits per heavy atom. The molecule has 2 heterocycles. The zero-order valence-corrected chi connectivity index (χ0v) is 11.8. The lowest BCUT2D eigenvalue weighted by molar-refractivity contribution is 0.433. The highest BCUT2D eigenvalue weighted by Gasteiger charge is 2.11. The fourth-order valence-corrected chi connectivity index (χ4v) is 2.97. The van der Waals surface area contributed by atoms with Crippen LogP contribution < -0.4 is 11.0 Å². The normalized spacial score (nSPS) is 17.4. The molecule has 108 valence electrons. The molecule has 0 spiro atoms. The van der Waals surface area contributed by atoms with Gasteiger partial charge in [-0.1, -0.05) is 31.7 Å². The first-order valence-electron chi connectivity index (χ1n) is 7.62. The van der Waals surface area contributed by atoms with E-state index in [1.54, 1.807) is 15.3 Å². The van der Waals surface area contributed by atoms with Crippen LogP contribution in [0.4, 0.5) is 0 Å². The minimum atomic E-state index is -0.0525. The van der Waals surface area contributed by atoms with Crippen molar-refractivity contribution in [2.75, 3.05) is 6.54 Å². The van der Waals surface area contributed by atoms with E-state index in [4.69, 9.17) is 0 Å². The molecule has 0 radical (unpaired) electrons. The first kappa shape index (κ1) is 13.4. The molecule has 5 heteroatoms. The highest BCUT2D eigenvalue weighted by molar-refractivity contribution is 5.35. The maximum absolute atomic E-state index is 12.1. The summed E-state index contributed by atoms with van der Waals surface area (Å²) in [6, 6.07) is 6.22. The first-order valence-corrected chi connectivity index (χ1v) is 7.62. The fourth-order valence-electron chi connectivity index (χ4n) is 2.97. The third-order valence-electron chi connectivity index (χ3n) is 4.10. The molecule has 1 fully saturated rings. The second-order valence-corrected chi connectivity index (χ2v) is 5.58. The van der Waals surface area contributed by atoms with Gasteiger partial charge in [-0.05, 0) is 25.0 Å². The zero-order chi connectivity index (χ0) is 13.8. The molecule has 0 atom stereocenters. The van der Waals surface area contributed by atoms with E-state index in [9.17, 15) is 4.79 Å². The van der Waals surface area contributed by atoms with Gasteiger partial charge >= 0.3 is 5.69 Å². The third kappa shape index (κ3) is 2.93. The van der Waals surface area contributed by atoms with Crippen LogP contribution in [0.1, 0.15) is 38.5 Å². The largest absolute Gasteiger partial charge is 0.350 e. The molecular formula is C15H22N4O. The van der Waals surface area contributed by atoms with Crippen molar-refractivity contribution >= 4 is 5.65 Å². The lowest BCUT2D eigenvalue weighted by Gasteiger charge is -2.15. The lowest BCUT2D eigenvalue weighted by Crippen LogP contribution is -2.34. The fraction of sp³-hybridized carbons (Fsp3) is 0.600. The van der Waals surface area contributed by atoms with Gasteiger partial charge in [-0.15, -0.1) is 5.10 Å². The molecule has 0 bridgehead atoms. The molecule has 1 aliphatic carbocycles. The van der Waals surface area contributed by atoms with Gasteiger partial charge in [0.2, 0.25) is 0 Å². The number of pyridine rings is 1. The molecule has 2 aromatic heterocycles. The number of hydrogen-bond acceptors (Lipinski definition) is 3. The standard InChI is InChI=1S/C15H22N4O/c20-15-18-11-6-5-9-14(18)17-19(15)12-10-16-13-7-3-1-2-4-8-13/h5-6,9,11,13,16H,1-4,7-8,10,12H2. The summed E-state index contributed by atoms with van der Waals surface area (Å²) in [5.41, 5.74) is 0.662. The van der Waals surface area contributed by atoms with Gasteiger partial charge in [0.1, 0.15) is 0 Å². The number of fused-ring (bicyclic) bond motifs is 1. The summed E-state index contributed by atoms with van der Waals surface area (Å²) >= 11 is 0. The third-order valence-corrected chi connectivity index (χ3v) is 4.10. The van der Waals surface area contributed by atoms with Gasteiger partial charge in [-0.2, -0.15) is 0 Å². The number of nitrogens with one attached hydrogen (secondary N) is 1. The quantitative estimate of drug-likeness (QED) is 0.865. The number of nitrogens with zero attached hydrogens (tertiary/aromatic N) is 3. The highest BCUT2D eigenvalue weighted by atomic mass is 16.2. The van der Waals surface area contributed by atoms with Crippen molar-refractivity contribution in [1.29, 1.82) is 0 Å². The summed E-state index contributed by atoms with van der Waals surface area (Å²) in [5, 5.41) is 7.91. The van der Waals surface area contributed by atoms with Gasteiger partial charge in [-0.3, -0.25) is 4.40 Å². The summed E-state index contributed by atoms with van der Waals surface area (Å²) in [7, 11) is 0. The summed E-state index contributed by atoms with van der Waals surface area (Å²) < 4.78 is 3.14. The molecule has 3 rings (SSSR count). The molecule has 0 saturated heterocycles. The Morgan fingerprint density at radius 1 is 1.20 bits per heavy atom. The molecule has 0 amide bonds. The summed E-state index contributed by atoms with van der Waals surface area (Å²) in [5.74, 6) is 0. The van der Waals surface area contributed by atoms with Crippen molar-refractivity contribution in [2.45, 2.75) is 51.1 Å². The van der Waals surface area contributed by atoms with Crippen LogP contribution in [0.15, 0.2) is 29.2 Å². The molecule has 0 unspecified atom stereocenters. The van der Waals surface area contributed by atoms with Crippen molar-refractivity contribution in [1.82, 2.24) is 19.5 Å². The number of rotatable bonds is 4. The second-order valence-electron chi connectivity index (χ2n) is 5.58. The minimum absolute atomic E-state index is 0.0525. The minimum Gasteiger partial charge on any atom is -0.312 e. The maximum atomic E-state index is 12.1. The SMILES string of the molecule is O=c1n(CCNC2CCCCCC2)nc2ccccn12. The van der Waals surface area contributed by atoms with Crippen LogP contribution in [0.5, 0.6) is 0 Å². The summed E-state index contributed by atoms with van der Waals surface area (Å²) in [6.45, 7) is 1.45. The van der Waals surface area contributed by atoms with Crippen LogP contribution in [-0.4, -0.2) is 26.8 Å². The van der Waals surface area contributed by atoms with Gasteiger partial charge in [0.05, 0.1) is 6.54 Å². The number of aromatic nitrogens is 3. The molecule has 0 aromatic carbocycles. The average Bonchev–Trinajstić information content (AvgIpc) is 2.66. The molecular weight excluding hydrogens is 252 g/mol. The highest BCUT2D eigenvalue weighted by Crippen LogP contribution is 2.16. The predicted octanol–water partition coefficient (Wildman–Crippen LogP) is 1.81. The molecule has 2 aromatic rings. The van der Waals surface area contributed by atoms with E-state index >= 15 is 0 Å². The van der Waals surface area contributed by atoms with Gasteiger partial charge in [0, 0.05) is 18.8 Å². The van der Waals surface area contributed by atoms with Crippen LogP contribution in [0, 0.1) is 0 Å². The van der Waals surface area contributed by atoms with Crippen molar-refractivity contribution in [3.05, 3.63) is 34.9 Å². The Morgan fingerprint density at radius 2 is 2.00 bits per heavy atom. The lowest BCUT2D eigenvalue weighted by atomic mass is 10.1. The average molecular weight is 274 g/mol. The molecule has 1 saturated carbocycles. The van der Waals surface area contributed by atoms with Crippen molar-refractivity contribution in [3.8, 4) is 0 Å². The molecule has 1 aliphatic rings. The van der Waals surface area contributed by atoms with Crippen LogP contribution in [0.2, 0.25) is 0 Å². The summed E-state index contributed by atoms with van der Waals surface area (Å²) in [4.78, 5) is 12.1. The van der Waals surface area contributed by atoms with Crippen LogP contribution >= 0.6 is 0 Å². The molecule has 20 heavy (non-hydrogen) atoms. The second kappa shape index (κ2) is 6.22. The molecule has 1 N–H and O–H groups in total. The Hall–Kier alpha value is -1.62. The van der Waals surface area contributed by atoms with E-state index < -0.39 is 0 Å². The topological polar surface area (TPSA) is 51.3 Å². The Balaban J connectivity index is 1.59. The molecule has 5 nitrogen and oxygen atoms in total. The van der Waals surface area contributed by atoms with E-state index in [0.717, 1.165) is 6.54 Å². The van der Waals surface area contributed by atoms with Crippen molar-refractivity contribution in [3.63, 3.8) is 0 Å². The Labute approximate surface area is 118 Å². The van der Waals surface area contributed by atoms with Gasteiger partial charge in [0.25, 0.3) is 0 Å². The van der Waals surface area contributed by atoms with Crippen LogP contribution in [0.3, 0.4) is 0 Å². The monoisotopic (exact) mass is 274 g/mol.